The fourth-order valence-electron chi connectivity index (χ4n) is 1.92. The molecule has 70 valence electrons. The predicted molar refractivity (Wildman–Crippen MR) is 53.7 cm³/mol. The lowest BCUT2D eigenvalue weighted by Crippen LogP contribution is -2.09. The Morgan fingerprint density at radius 2 is 2.00 bits per heavy atom. The van der Waals surface area contributed by atoms with Crippen molar-refractivity contribution < 1.29 is 4.74 Å². The summed E-state index contributed by atoms with van der Waals surface area (Å²) in [6.45, 7) is 6.21. The molecule has 0 fully saturated rings. The maximum absolute atomic E-state index is 5.60. The molecule has 13 heavy (non-hydrogen) atoms. The third kappa shape index (κ3) is 1.61. The lowest BCUT2D eigenvalue weighted by Gasteiger charge is -2.17. The Morgan fingerprint density at radius 1 is 1.23 bits per heavy atom. The Morgan fingerprint density at radius 3 is 2.85 bits per heavy atom. The van der Waals surface area contributed by atoms with Crippen LogP contribution in [0.4, 0.5) is 0 Å². The zero-order chi connectivity index (χ0) is 9.26. The molecule has 1 aromatic rings. The van der Waals surface area contributed by atoms with E-state index < -0.39 is 0 Å². The van der Waals surface area contributed by atoms with Crippen molar-refractivity contribution in [1.82, 2.24) is 0 Å². The fourth-order valence-corrected chi connectivity index (χ4v) is 1.92. The van der Waals surface area contributed by atoms with Crippen molar-refractivity contribution in [2.75, 3.05) is 6.61 Å². The first-order valence-corrected chi connectivity index (χ1v) is 4.94. The molecule has 0 spiro atoms. The van der Waals surface area contributed by atoms with E-state index >= 15 is 0 Å². The van der Waals surface area contributed by atoms with Crippen molar-refractivity contribution in [3.8, 4) is 0 Å². The molecular formula is C12H16O. The van der Waals surface area contributed by atoms with Crippen LogP contribution in [0.1, 0.15) is 30.9 Å². The van der Waals surface area contributed by atoms with E-state index in [1.807, 2.05) is 0 Å². The first kappa shape index (κ1) is 8.76. The van der Waals surface area contributed by atoms with Gasteiger partial charge in [0.15, 0.2) is 0 Å². The van der Waals surface area contributed by atoms with Crippen LogP contribution in [0.15, 0.2) is 24.3 Å². The Kier molecular flexibility index (Phi) is 2.36. The van der Waals surface area contributed by atoms with Gasteiger partial charge in [-0.1, -0.05) is 38.1 Å². The minimum Gasteiger partial charge on any atom is -0.376 e. The molecule has 2 unspecified atom stereocenters. The molecule has 0 saturated carbocycles. The van der Waals surface area contributed by atoms with Crippen LogP contribution in [0.3, 0.4) is 0 Å². The summed E-state index contributed by atoms with van der Waals surface area (Å²) in [5.41, 5.74) is 2.83. The molecule has 0 aliphatic carbocycles. The molecular weight excluding hydrogens is 160 g/mol. The SMILES string of the molecule is CC1COCc2ccccc2C1C. The molecule has 0 amide bonds. The first-order chi connectivity index (χ1) is 6.29. The van der Waals surface area contributed by atoms with Gasteiger partial charge in [0, 0.05) is 0 Å². The monoisotopic (exact) mass is 176 g/mol. The highest BCUT2D eigenvalue weighted by Crippen LogP contribution is 2.30. The van der Waals surface area contributed by atoms with Gasteiger partial charge in [-0.3, -0.25) is 0 Å². The molecule has 1 aliphatic rings. The highest BCUT2D eigenvalue weighted by molar-refractivity contribution is 5.30. The lowest BCUT2D eigenvalue weighted by atomic mass is 9.88. The van der Waals surface area contributed by atoms with E-state index in [-0.39, 0.29) is 0 Å². The standard InChI is InChI=1S/C12H16O/c1-9-7-13-8-11-5-3-4-6-12(11)10(9)2/h3-6,9-10H,7-8H2,1-2H3. The van der Waals surface area contributed by atoms with Crippen LogP contribution in [0.2, 0.25) is 0 Å². The lowest BCUT2D eigenvalue weighted by molar-refractivity contribution is 0.0950. The molecule has 2 rings (SSSR count). The smallest absolute Gasteiger partial charge is 0.0719 e. The van der Waals surface area contributed by atoms with E-state index in [9.17, 15) is 0 Å². The number of fused-ring (bicyclic) bond motifs is 1. The van der Waals surface area contributed by atoms with Gasteiger partial charge in [0.25, 0.3) is 0 Å². The molecule has 1 heterocycles. The molecule has 1 aliphatic heterocycles. The second kappa shape index (κ2) is 3.51. The van der Waals surface area contributed by atoms with Gasteiger partial charge in [0.2, 0.25) is 0 Å². The number of hydrogen-bond acceptors (Lipinski definition) is 1. The predicted octanol–water partition coefficient (Wildman–Crippen LogP) is 2.96. The molecule has 1 nitrogen and oxygen atoms in total. The Hall–Kier alpha value is -0.820. The van der Waals surface area contributed by atoms with E-state index in [2.05, 4.69) is 38.1 Å². The zero-order valence-electron chi connectivity index (χ0n) is 8.29. The largest absolute Gasteiger partial charge is 0.376 e. The van der Waals surface area contributed by atoms with Gasteiger partial charge in [-0.2, -0.15) is 0 Å². The first-order valence-electron chi connectivity index (χ1n) is 4.94. The summed E-state index contributed by atoms with van der Waals surface area (Å²) in [6.07, 6.45) is 0. The van der Waals surface area contributed by atoms with Crippen LogP contribution in [0.5, 0.6) is 0 Å². The van der Waals surface area contributed by atoms with E-state index in [4.69, 9.17) is 4.74 Å². The molecule has 1 heteroatoms. The molecule has 1 aromatic carbocycles. The van der Waals surface area contributed by atoms with E-state index in [1.54, 1.807) is 0 Å². The molecule has 2 atom stereocenters. The van der Waals surface area contributed by atoms with Gasteiger partial charge < -0.3 is 4.74 Å². The van der Waals surface area contributed by atoms with Crippen molar-refractivity contribution >= 4 is 0 Å². The van der Waals surface area contributed by atoms with Gasteiger partial charge in [-0.25, -0.2) is 0 Å². The maximum atomic E-state index is 5.60. The summed E-state index contributed by atoms with van der Waals surface area (Å²) in [6, 6.07) is 8.60. The Bertz CT molecular complexity index is 293. The van der Waals surface area contributed by atoms with Crippen LogP contribution in [0, 0.1) is 5.92 Å². The summed E-state index contributed by atoms with van der Waals surface area (Å²) in [5.74, 6) is 1.25. The maximum Gasteiger partial charge on any atom is 0.0719 e. The molecule has 0 N–H and O–H groups in total. The fraction of sp³-hybridized carbons (Fsp3) is 0.500. The molecule has 0 bridgehead atoms. The van der Waals surface area contributed by atoms with Crippen LogP contribution in [0.25, 0.3) is 0 Å². The van der Waals surface area contributed by atoms with Gasteiger partial charge >= 0.3 is 0 Å². The molecule has 0 aromatic heterocycles. The van der Waals surface area contributed by atoms with Crippen molar-refractivity contribution in [1.29, 1.82) is 0 Å². The van der Waals surface area contributed by atoms with Gasteiger partial charge in [-0.05, 0) is 23.0 Å². The summed E-state index contributed by atoms with van der Waals surface area (Å²) in [7, 11) is 0. The number of benzene rings is 1. The van der Waals surface area contributed by atoms with Gasteiger partial charge in [0.1, 0.15) is 0 Å². The second-order valence-electron chi connectivity index (χ2n) is 3.98. The average molecular weight is 176 g/mol. The Balaban J connectivity index is 2.40. The number of rotatable bonds is 0. The molecule has 0 radical (unpaired) electrons. The van der Waals surface area contributed by atoms with Crippen LogP contribution in [-0.4, -0.2) is 6.61 Å². The van der Waals surface area contributed by atoms with E-state index in [1.165, 1.54) is 11.1 Å². The van der Waals surface area contributed by atoms with Crippen LogP contribution >= 0.6 is 0 Å². The van der Waals surface area contributed by atoms with Crippen molar-refractivity contribution in [2.24, 2.45) is 5.92 Å². The Labute approximate surface area is 79.7 Å². The quantitative estimate of drug-likeness (QED) is 0.590. The normalized spacial score (nSPS) is 27.8. The number of hydrogen-bond donors (Lipinski definition) is 0. The summed E-state index contributed by atoms with van der Waals surface area (Å²) < 4.78 is 5.60. The van der Waals surface area contributed by atoms with Crippen molar-refractivity contribution in [3.05, 3.63) is 35.4 Å². The highest BCUT2D eigenvalue weighted by Gasteiger charge is 2.20. The third-order valence-electron chi connectivity index (χ3n) is 3.04. The topological polar surface area (TPSA) is 9.23 Å². The van der Waals surface area contributed by atoms with Crippen LogP contribution < -0.4 is 0 Å². The zero-order valence-corrected chi connectivity index (χ0v) is 8.29. The second-order valence-corrected chi connectivity index (χ2v) is 3.98. The minimum absolute atomic E-state index is 0.624. The average Bonchev–Trinajstić information content (AvgIpc) is 2.29. The van der Waals surface area contributed by atoms with Gasteiger partial charge in [0.05, 0.1) is 13.2 Å². The highest BCUT2D eigenvalue weighted by atomic mass is 16.5. The van der Waals surface area contributed by atoms with Crippen molar-refractivity contribution in [2.45, 2.75) is 26.4 Å². The van der Waals surface area contributed by atoms with E-state index in [0.717, 1.165) is 13.2 Å². The summed E-state index contributed by atoms with van der Waals surface area (Å²) >= 11 is 0. The van der Waals surface area contributed by atoms with Crippen LogP contribution in [-0.2, 0) is 11.3 Å². The molecule has 0 saturated heterocycles. The van der Waals surface area contributed by atoms with Gasteiger partial charge in [-0.15, -0.1) is 0 Å². The number of ether oxygens (including phenoxy) is 1. The third-order valence-corrected chi connectivity index (χ3v) is 3.04. The minimum atomic E-state index is 0.624. The summed E-state index contributed by atoms with van der Waals surface area (Å²) in [5, 5.41) is 0. The van der Waals surface area contributed by atoms with Crippen molar-refractivity contribution in [3.63, 3.8) is 0 Å². The summed E-state index contributed by atoms with van der Waals surface area (Å²) in [4.78, 5) is 0. The van der Waals surface area contributed by atoms with E-state index in [0.29, 0.717) is 11.8 Å².